The number of aliphatic hydroxyl groups excluding tert-OH is 2. The highest BCUT2D eigenvalue weighted by molar-refractivity contribution is 6.03. The number of methoxy groups -OCH3 is 1. The van der Waals surface area contributed by atoms with Gasteiger partial charge in [0.1, 0.15) is 74.8 Å². The third-order valence-electron chi connectivity index (χ3n) is 10.5. The van der Waals surface area contributed by atoms with Crippen LogP contribution in [-0.4, -0.2) is 87.1 Å². The van der Waals surface area contributed by atoms with Crippen molar-refractivity contribution >= 4 is 17.9 Å². The average molecular weight is 861 g/mol. The molecule has 0 bridgehead atoms. The van der Waals surface area contributed by atoms with Crippen molar-refractivity contribution in [3.8, 4) is 23.0 Å². The smallest absolute Gasteiger partial charge is 0.339 e. The van der Waals surface area contributed by atoms with E-state index >= 15 is 0 Å². The van der Waals surface area contributed by atoms with Crippen LogP contribution < -0.4 is 18.9 Å². The van der Waals surface area contributed by atoms with E-state index < -0.39 is 30.1 Å². The number of benzene rings is 5. The van der Waals surface area contributed by atoms with Gasteiger partial charge < -0.3 is 43.4 Å². The molecular weight excluding hydrogens is 805 g/mol. The van der Waals surface area contributed by atoms with Gasteiger partial charge in [0.15, 0.2) is 0 Å². The predicted octanol–water partition coefficient (Wildman–Crippen LogP) is 8.04. The molecule has 5 aromatic carbocycles. The lowest BCUT2D eigenvalue weighted by Gasteiger charge is -2.27. The maximum absolute atomic E-state index is 12.8. The van der Waals surface area contributed by atoms with Crippen LogP contribution >= 0.6 is 0 Å². The van der Waals surface area contributed by atoms with Crippen LogP contribution in [0.4, 0.5) is 0 Å². The highest BCUT2D eigenvalue weighted by Crippen LogP contribution is 2.35. The molecule has 5 rings (SSSR count). The quantitative estimate of drug-likeness (QED) is 0.0300. The number of rotatable bonds is 22. The number of hydrogen-bond donors (Lipinski definition) is 2. The Morgan fingerprint density at radius 1 is 0.508 bits per heavy atom. The summed E-state index contributed by atoms with van der Waals surface area (Å²) in [5, 5.41) is 21.1. The fourth-order valence-corrected chi connectivity index (χ4v) is 6.48. The molecule has 0 spiro atoms. The largest absolute Gasteiger partial charge is 0.497 e. The van der Waals surface area contributed by atoms with Crippen molar-refractivity contribution in [3.05, 3.63) is 167 Å². The molecule has 0 heterocycles. The summed E-state index contributed by atoms with van der Waals surface area (Å²) in [6.07, 6.45) is -1.99. The normalized spacial score (nSPS) is 12.3. The van der Waals surface area contributed by atoms with E-state index in [2.05, 4.69) is 46.4 Å². The Morgan fingerprint density at radius 2 is 0.841 bits per heavy atom. The second-order valence-corrected chi connectivity index (χ2v) is 16.0. The van der Waals surface area contributed by atoms with Crippen molar-refractivity contribution < 1.29 is 57.8 Å². The first kappa shape index (κ1) is 47.4. The summed E-state index contributed by atoms with van der Waals surface area (Å²) in [6.45, 7) is 12.7. The van der Waals surface area contributed by atoms with Crippen LogP contribution in [0.15, 0.2) is 133 Å². The van der Waals surface area contributed by atoms with Crippen molar-refractivity contribution in [2.45, 2.75) is 57.7 Å². The first-order chi connectivity index (χ1) is 30.1. The van der Waals surface area contributed by atoms with Gasteiger partial charge in [-0.3, -0.25) is 0 Å². The van der Waals surface area contributed by atoms with Crippen LogP contribution in [0, 0.1) is 0 Å². The van der Waals surface area contributed by atoms with Crippen molar-refractivity contribution in [3.63, 3.8) is 0 Å². The molecule has 0 saturated heterocycles. The first-order valence-corrected chi connectivity index (χ1v) is 20.5. The zero-order valence-electron chi connectivity index (χ0n) is 36.6. The van der Waals surface area contributed by atoms with Gasteiger partial charge in [-0.25, -0.2) is 14.4 Å². The molecule has 0 aliphatic carbocycles. The molecule has 0 saturated carbocycles. The minimum absolute atomic E-state index is 0.0337. The first-order valence-electron chi connectivity index (χ1n) is 20.5. The molecule has 12 nitrogen and oxygen atoms in total. The van der Waals surface area contributed by atoms with Gasteiger partial charge in [-0.1, -0.05) is 94.9 Å². The number of hydrogen-bond acceptors (Lipinski definition) is 12. The zero-order valence-corrected chi connectivity index (χ0v) is 36.6. The Bertz CT molecular complexity index is 2280. The topological polar surface area (TPSA) is 156 Å². The summed E-state index contributed by atoms with van der Waals surface area (Å²) >= 11 is 0. The van der Waals surface area contributed by atoms with Gasteiger partial charge >= 0.3 is 17.9 Å². The molecule has 2 N–H and O–H groups in total. The van der Waals surface area contributed by atoms with Crippen molar-refractivity contribution in [1.82, 2.24) is 0 Å². The Balaban J connectivity index is 1.03. The van der Waals surface area contributed by atoms with Crippen LogP contribution in [0.5, 0.6) is 23.0 Å². The monoisotopic (exact) mass is 860 g/mol. The minimum atomic E-state index is -1.15. The molecule has 0 radical (unpaired) electrons. The maximum atomic E-state index is 12.8. The minimum Gasteiger partial charge on any atom is -0.497 e. The average Bonchev–Trinajstić information content (AvgIpc) is 3.30. The number of carbonyl (C=O) groups excluding carboxylic acids is 3. The third-order valence-corrected chi connectivity index (χ3v) is 10.5. The molecule has 0 aliphatic rings. The molecule has 2 atom stereocenters. The summed E-state index contributed by atoms with van der Waals surface area (Å²) in [5.74, 6) is 0.382. The molecular formula is C51H56O12. The number of esters is 3. The fourth-order valence-electron chi connectivity index (χ4n) is 6.48. The molecule has 63 heavy (non-hydrogen) atoms. The summed E-state index contributed by atoms with van der Waals surface area (Å²) in [4.78, 5) is 36.9. The van der Waals surface area contributed by atoms with Crippen molar-refractivity contribution in [2.75, 3.05) is 46.8 Å². The Morgan fingerprint density at radius 3 is 1.21 bits per heavy atom. The lowest BCUT2D eigenvalue weighted by atomic mass is 9.78. The summed E-state index contributed by atoms with van der Waals surface area (Å²) in [5.41, 5.74) is 3.92. The van der Waals surface area contributed by atoms with Gasteiger partial charge in [-0.2, -0.15) is 0 Å². The molecule has 0 amide bonds. The second-order valence-electron chi connectivity index (χ2n) is 16.0. The van der Waals surface area contributed by atoms with Crippen LogP contribution in [0.2, 0.25) is 0 Å². The Labute approximate surface area is 369 Å². The zero-order chi connectivity index (χ0) is 45.6. The van der Waals surface area contributed by atoms with Crippen LogP contribution in [-0.2, 0) is 29.8 Å². The lowest BCUT2D eigenvalue weighted by Crippen LogP contribution is -2.26. The number of ether oxygens (including phenoxy) is 7. The van der Waals surface area contributed by atoms with E-state index in [9.17, 15) is 24.6 Å². The molecule has 12 heteroatoms. The highest BCUT2D eigenvalue weighted by atomic mass is 16.6. The van der Waals surface area contributed by atoms with Gasteiger partial charge in [0.05, 0.1) is 18.2 Å². The van der Waals surface area contributed by atoms with Crippen molar-refractivity contribution in [1.29, 1.82) is 0 Å². The van der Waals surface area contributed by atoms with E-state index in [1.54, 1.807) is 31.4 Å². The molecule has 2 unspecified atom stereocenters. The van der Waals surface area contributed by atoms with Crippen molar-refractivity contribution in [2.24, 2.45) is 0 Å². The van der Waals surface area contributed by atoms with E-state index in [-0.39, 0.29) is 67.2 Å². The van der Waals surface area contributed by atoms with Gasteiger partial charge in [0.25, 0.3) is 0 Å². The Kier molecular flexibility index (Phi) is 16.5. The SMILES string of the molecule is C=C(C)C(=O)OCCOC(=O)c1ccccc1C(=O)OCC(O)COc1ccc(C(C)(C)c2ccc(OCC(O)COc3ccc(C(C)(C)c4ccc(OC)cc4)cc3)cc2)cc1. The van der Waals surface area contributed by atoms with E-state index in [4.69, 9.17) is 33.2 Å². The summed E-state index contributed by atoms with van der Waals surface area (Å²) < 4.78 is 38.1. The molecule has 0 fully saturated rings. The molecule has 0 aromatic heterocycles. The van der Waals surface area contributed by atoms with Gasteiger partial charge in [-0.05, 0) is 89.8 Å². The van der Waals surface area contributed by atoms with Gasteiger partial charge in [0.2, 0.25) is 0 Å². The molecule has 5 aromatic rings. The van der Waals surface area contributed by atoms with E-state index in [1.807, 2.05) is 72.8 Å². The maximum Gasteiger partial charge on any atom is 0.339 e. The number of aliphatic hydroxyl groups is 2. The number of carbonyl (C=O) groups is 3. The fraction of sp³-hybridized carbons (Fsp3) is 0.314. The summed E-state index contributed by atoms with van der Waals surface area (Å²) in [7, 11) is 1.65. The third kappa shape index (κ3) is 13.2. The van der Waals surface area contributed by atoms with E-state index in [1.165, 1.54) is 24.6 Å². The summed E-state index contributed by atoms with van der Waals surface area (Å²) in [6, 6.07) is 37.1. The van der Waals surface area contributed by atoms with Crippen LogP contribution in [0.1, 0.15) is 77.6 Å². The predicted molar refractivity (Wildman–Crippen MR) is 238 cm³/mol. The van der Waals surface area contributed by atoms with Crippen LogP contribution in [0.25, 0.3) is 0 Å². The standard InChI is InChI=1S/C51H56O12/c1-34(2)47(54)58-28-29-59-48(55)45-10-8-9-11-46(45)49(56)63-33-40(53)32-62-44-26-18-38(19-27-44)51(5,6)37-16-24-43(25-17-37)61-31-39(52)30-60-42-22-14-36(15-23-42)50(3,4)35-12-20-41(57-7)21-13-35/h8-27,39-40,52-53H,1,28-33H2,2-7H3. The van der Waals surface area contributed by atoms with E-state index in [0.717, 1.165) is 22.4 Å². The Hall–Kier alpha value is -6.63. The second kappa shape index (κ2) is 21.9. The highest BCUT2D eigenvalue weighted by Gasteiger charge is 2.25. The van der Waals surface area contributed by atoms with Crippen LogP contribution in [0.3, 0.4) is 0 Å². The van der Waals surface area contributed by atoms with E-state index in [0.29, 0.717) is 17.2 Å². The molecule has 332 valence electrons. The lowest BCUT2D eigenvalue weighted by molar-refractivity contribution is -0.140. The van der Waals surface area contributed by atoms with Gasteiger partial charge in [-0.15, -0.1) is 0 Å². The van der Waals surface area contributed by atoms with Gasteiger partial charge in [0, 0.05) is 16.4 Å². The molecule has 0 aliphatic heterocycles.